The van der Waals surface area contributed by atoms with E-state index in [1.165, 1.54) is 19.3 Å². The summed E-state index contributed by atoms with van der Waals surface area (Å²) in [5.74, 6) is 2.06. The van der Waals surface area contributed by atoms with Gasteiger partial charge in [-0.1, -0.05) is 70.3 Å². The molecule has 6 nitrogen and oxygen atoms in total. The van der Waals surface area contributed by atoms with E-state index < -0.39 is 0 Å². The summed E-state index contributed by atoms with van der Waals surface area (Å²) in [7, 11) is -0.664. The molecule has 3 heterocycles. The van der Waals surface area contributed by atoms with Crippen molar-refractivity contribution in [3.8, 4) is 0 Å². The van der Waals surface area contributed by atoms with Crippen LogP contribution in [0.25, 0.3) is 0 Å². The van der Waals surface area contributed by atoms with Gasteiger partial charge in [0.1, 0.15) is 0 Å². The average molecular weight is 659 g/mol. The lowest BCUT2D eigenvalue weighted by atomic mass is 9.53. The Balaban J connectivity index is 0.000000359. The number of alkyl halides is 1. The smallest absolute Gasteiger partial charge is 0.403 e. The maximum atomic E-state index is 6.09. The highest BCUT2D eigenvalue weighted by Crippen LogP contribution is 2.45. The SMILES string of the molecule is CC(B1OC(C)(C)C(C)(C)O1)B1OC(C)(C)C(C)(C)O1.CC[C@@H](C)CBr.CC[C@@H](C)CC(C)B1OC(C)(C)C(C)(C)O1. The van der Waals surface area contributed by atoms with Crippen molar-refractivity contribution < 1.29 is 27.9 Å². The van der Waals surface area contributed by atoms with Crippen LogP contribution >= 0.6 is 15.9 Å². The van der Waals surface area contributed by atoms with Gasteiger partial charge in [-0.2, -0.15) is 0 Å². The Kier molecular flexibility index (Phi) is 14.4. The molecule has 0 saturated carbocycles. The number of halogens is 1. The molecule has 246 valence electrons. The monoisotopic (exact) mass is 658 g/mol. The third kappa shape index (κ3) is 9.97. The topological polar surface area (TPSA) is 55.4 Å². The average Bonchev–Trinajstić information content (AvgIpc) is 3.32. The van der Waals surface area contributed by atoms with Crippen LogP contribution in [0.1, 0.15) is 144 Å². The summed E-state index contributed by atoms with van der Waals surface area (Å²) >= 11 is 3.37. The molecule has 3 atom stereocenters. The maximum Gasteiger partial charge on any atom is 0.460 e. The summed E-state index contributed by atoms with van der Waals surface area (Å²) in [5, 5.41) is 1.14. The minimum absolute atomic E-state index is 0.0112. The fraction of sp³-hybridized carbons (Fsp3) is 1.00. The van der Waals surface area contributed by atoms with E-state index in [2.05, 4.69) is 141 Å². The maximum absolute atomic E-state index is 6.09. The first-order chi connectivity index (χ1) is 18.8. The fourth-order valence-corrected chi connectivity index (χ4v) is 4.94. The van der Waals surface area contributed by atoms with Crippen LogP contribution in [-0.2, 0) is 27.9 Å². The Morgan fingerprint density at radius 3 is 0.952 bits per heavy atom. The Labute approximate surface area is 270 Å². The zero-order valence-corrected chi connectivity index (χ0v) is 32.3. The lowest BCUT2D eigenvalue weighted by Gasteiger charge is -2.32. The van der Waals surface area contributed by atoms with Gasteiger partial charge in [0.05, 0.1) is 33.6 Å². The third-order valence-corrected chi connectivity index (χ3v) is 11.7. The third-order valence-electron chi connectivity index (χ3n) is 10.6. The van der Waals surface area contributed by atoms with Crippen molar-refractivity contribution in [2.24, 2.45) is 11.8 Å². The van der Waals surface area contributed by atoms with Gasteiger partial charge in [0.25, 0.3) is 0 Å². The van der Waals surface area contributed by atoms with Crippen LogP contribution in [-0.4, -0.2) is 60.3 Å². The largest absolute Gasteiger partial charge is 0.460 e. The first kappa shape index (κ1) is 40.5. The van der Waals surface area contributed by atoms with Gasteiger partial charge in [-0.05, 0) is 107 Å². The molecule has 3 aliphatic rings. The van der Waals surface area contributed by atoms with Gasteiger partial charge in [-0.25, -0.2) is 0 Å². The Morgan fingerprint density at radius 1 is 0.476 bits per heavy atom. The van der Waals surface area contributed by atoms with Crippen molar-refractivity contribution in [2.75, 3.05) is 5.33 Å². The van der Waals surface area contributed by atoms with Crippen molar-refractivity contribution in [3.05, 3.63) is 0 Å². The van der Waals surface area contributed by atoms with Crippen LogP contribution < -0.4 is 0 Å². The second-order valence-electron chi connectivity index (χ2n) is 16.1. The highest BCUT2D eigenvalue weighted by molar-refractivity contribution is 9.09. The van der Waals surface area contributed by atoms with Gasteiger partial charge in [-0.3, -0.25) is 0 Å². The molecule has 0 aliphatic carbocycles. The van der Waals surface area contributed by atoms with Crippen LogP contribution in [0.5, 0.6) is 0 Å². The summed E-state index contributed by atoms with van der Waals surface area (Å²) < 4.78 is 36.5. The molecule has 1 unspecified atom stereocenters. The Hall–Kier alpha value is 0.435. The second-order valence-corrected chi connectivity index (χ2v) is 16.8. The molecule has 3 aliphatic heterocycles. The summed E-state index contributed by atoms with van der Waals surface area (Å²) in [6.07, 6.45) is 3.68. The van der Waals surface area contributed by atoms with E-state index in [4.69, 9.17) is 27.9 Å². The molecule has 0 amide bonds. The van der Waals surface area contributed by atoms with Crippen LogP contribution in [0.2, 0.25) is 11.5 Å². The molecule has 0 aromatic heterocycles. The molecule has 0 spiro atoms. The minimum Gasteiger partial charge on any atom is -0.403 e. The lowest BCUT2D eigenvalue weighted by Crippen LogP contribution is -2.41. The van der Waals surface area contributed by atoms with E-state index in [0.717, 1.165) is 17.2 Å². The number of hydrogen-bond donors (Lipinski definition) is 0. The molecule has 0 bridgehead atoms. The van der Waals surface area contributed by atoms with Crippen molar-refractivity contribution in [3.63, 3.8) is 0 Å². The van der Waals surface area contributed by atoms with Crippen molar-refractivity contribution in [1.29, 1.82) is 0 Å². The standard InChI is InChI=1S/C14H28B2O4.C13H27BO2.C5H11Br/c1-10(15-17-11(2,3)12(4,5)18-15)16-19-13(6,7)14(8,9)20-16;1-8-10(2)9-11(3)14-15-12(4,5)13(6,7)16-14;1-3-5(2)4-6/h10H,1-9H3;10-11H,8-9H2,1-7H3;5H,3-4H2,1-2H3/t;10-,11?;5-/m.11/s1. The molecule has 0 aromatic carbocycles. The van der Waals surface area contributed by atoms with E-state index in [9.17, 15) is 0 Å². The Bertz CT molecular complexity index is 747. The zero-order valence-electron chi connectivity index (χ0n) is 30.7. The van der Waals surface area contributed by atoms with Gasteiger partial charge in [-0.15, -0.1) is 0 Å². The predicted molar refractivity (Wildman–Crippen MR) is 184 cm³/mol. The summed E-state index contributed by atoms with van der Waals surface area (Å²) in [5.41, 5.74) is -1.67. The summed E-state index contributed by atoms with van der Waals surface area (Å²) in [6.45, 7) is 38.2. The van der Waals surface area contributed by atoms with E-state index in [0.29, 0.717) is 5.82 Å². The minimum atomic E-state index is -0.324. The van der Waals surface area contributed by atoms with Crippen LogP contribution in [0.15, 0.2) is 0 Å². The highest BCUT2D eigenvalue weighted by Gasteiger charge is 2.60. The van der Waals surface area contributed by atoms with Crippen LogP contribution in [0.3, 0.4) is 0 Å². The van der Waals surface area contributed by atoms with E-state index >= 15 is 0 Å². The van der Waals surface area contributed by atoms with E-state index in [1.54, 1.807) is 0 Å². The number of hydrogen-bond acceptors (Lipinski definition) is 6. The van der Waals surface area contributed by atoms with E-state index in [1.807, 2.05) is 0 Å². The first-order valence-corrected chi connectivity index (χ1v) is 17.5. The molecular weight excluding hydrogens is 593 g/mol. The molecule has 0 aromatic rings. The van der Waals surface area contributed by atoms with Gasteiger partial charge in [0.2, 0.25) is 0 Å². The molecule has 3 saturated heterocycles. The summed E-state index contributed by atoms with van der Waals surface area (Å²) in [4.78, 5) is 0. The Morgan fingerprint density at radius 2 is 0.738 bits per heavy atom. The van der Waals surface area contributed by atoms with Gasteiger partial charge >= 0.3 is 21.4 Å². The number of rotatable bonds is 8. The molecule has 10 heteroatoms. The lowest BCUT2D eigenvalue weighted by molar-refractivity contribution is 0.00578. The molecule has 3 fully saturated rings. The summed E-state index contributed by atoms with van der Waals surface area (Å²) in [6, 6.07) is 0. The van der Waals surface area contributed by atoms with Crippen molar-refractivity contribution >= 4 is 37.3 Å². The van der Waals surface area contributed by atoms with Crippen LogP contribution in [0, 0.1) is 11.8 Å². The normalized spacial score (nSPS) is 26.7. The molecule has 0 radical (unpaired) electrons. The molecule has 3 rings (SSSR count). The fourth-order valence-electron chi connectivity index (χ4n) is 4.48. The van der Waals surface area contributed by atoms with Crippen molar-refractivity contribution in [1.82, 2.24) is 0 Å². The van der Waals surface area contributed by atoms with Crippen molar-refractivity contribution in [2.45, 2.75) is 189 Å². The van der Waals surface area contributed by atoms with Gasteiger partial charge in [0, 0.05) is 11.0 Å². The molecule has 42 heavy (non-hydrogen) atoms. The van der Waals surface area contributed by atoms with Gasteiger partial charge in [0.15, 0.2) is 0 Å². The van der Waals surface area contributed by atoms with Gasteiger partial charge < -0.3 is 27.9 Å². The molecular formula is C32H66B3BrO6. The van der Waals surface area contributed by atoms with E-state index in [-0.39, 0.29) is 60.7 Å². The first-order valence-electron chi connectivity index (χ1n) is 16.4. The highest BCUT2D eigenvalue weighted by atomic mass is 79.9. The van der Waals surface area contributed by atoms with Crippen LogP contribution in [0.4, 0.5) is 0 Å². The zero-order chi connectivity index (χ0) is 33.1. The predicted octanol–water partition coefficient (Wildman–Crippen LogP) is 9.43. The second kappa shape index (κ2) is 14.9. The molecule has 0 N–H and O–H groups in total. The quantitative estimate of drug-likeness (QED) is 0.191.